The molecule has 0 aliphatic heterocycles. The Bertz CT molecular complexity index is 877. The molecule has 128 valence electrons. The molecule has 0 aliphatic carbocycles. The number of ether oxygens (including phenoxy) is 1. The highest BCUT2D eigenvalue weighted by Crippen LogP contribution is 2.21. The van der Waals surface area contributed by atoms with Gasteiger partial charge >= 0.3 is 0 Å². The maximum Gasteiger partial charge on any atom is 0.213 e. The van der Waals surface area contributed by atoms with E-state index >= 15 is 0 Å². The van der Waals surface area contributed by atoms with Gasteiger partial charge in [-0.3, -0.25) is 0 Å². The summed E-state index contributed by atoms with van der Waals surface area (Å²) in [6.45, 7) is 6.54. The Labute approximate surface area is 145 Å². The molecule has 0 unspecified atom stereocenters. The molecule has 6 nitrogen and oxygen atoms in total. The number of rotatable bonds is 7. The molecule has 3 heterocycles. The van der Waals surface area contributed by atoms with Gasteiger partial charge in [-0.15, -0.1) is 11.7 Å². The SMILES string of the molecule is C=CCc1cc(OCC)c(Cn2ccnc2-c2cccc(F)n2)nn1. The van der Waals surface area contributed by atoms with E-state index in [1.807, 2.05) is 17.6 Å². The van der Waals surface area contributed by atoms with Crippen LogP contribution in [0.5, 0.6) is 5.75 Å². The Balaban J connectivity index is 1.93. The second-order valence-corrected chi connectivity index (χ2v) is 5.30. The van der Waals surface area contributed by atoms with Crippen molar-refractivity contribution in [3.8, 4) is 17.3 Å². The van der Waals surface area contributed by atoms with E-state index in [9.17, 15) is 4.39 Å². The Hall–Kier alpha value is -3.09. The number of pyridine rings is 1. The molecule has 0 saturated carbocycles. The lowest BCUT2D eigenvalue weighted by Gasteiger charge is -2.12. The molecular weight excluding hydrogens is 321 g/mol. The fourth-order valence-corrected chi connectivity index (χ4v) is 2.44. The molecule has 3 rings (SSSR count). The summed E-state index contributed by atoms with van der Waals surface area (Å²) in [5.74, 6) is 0.677. The van der Waals surface area contributed by atoms with Crippen molar-refractivity contribution in [2.45, 2.75) is 19.9 Å². The average Bonchev–Trinajstić information content (AvgIpc) is 3.06. The Kier molecular flexibility index (Phi) is 5.13. The van der Waals surface area contributed by atoms with Crippen molar-refractivity contribution in [3.63, 3.8) is 0 Å². The van der Waals surface area contributed by atoms with Gasteiger partial charge in [-0.1, -0.05) is 12.1 Å². The molecule has 0 atom stereocenters. The summed E-state index contributed by atoms with van der Waals surface area (Å²) in [6, 6.07) is 6.48. The van der Waals surface area contributed by atoms with Crippen molar-refractivity contribution in [2.75, 3.05) is 6.61 Å². The third-order valence-corrected chi connectivity index (χ3v) is 3.51. The van der Waals surface area contributed by atoms with E-state index in [1.54, 1.807) is 30.6 Å². The number of hydrogen-bond donors (Lipinski definition) is 0. The fourth-order valence-electron chi connectivity index (χ4n) is 2.44. The quantitative estimate of drug-likeness (QED) is 0.489. The topological polar surface area (TPSA) is 65.7 Å². The predicted octanol–water partition coefficient (Wildman–Crippen LogP) is 3.05. The molecular formula is C18H18FN5O. The van der Waals surface area contributed by atoms with Crippen LogP contribution in [0.3, 0.4) is 0 Å². The van der Waals surface area contributed by atoms with Gasteiger partial charge in [-0.05, 0) is 19.1 Å². The second kappa shape index (κ2) is 7.65. The Morgan fingerprint density at radius 2 is 2.20 bits per heavy atom. The number of allylic oxidation sites excluding steroid dienone is 1. The van der Waals surface area contributed by atoms with Crippen LogP contribution in [0.2, 0.25) is 0 Å². The smallest absolute Gasteiger partial charge is 0.213 e. The standard InChI is InChI=1S/C18H18FN5O/c1-3-6-13-11-16(25-4-2)15(23-22-13)12-24-10-9-20-18(24)14-7-5-8-17(19)21-14/h3,5,7-11H,1,4,6,12H2,2H3. The van der Waals surface area contributed by atoms with E-state index in [1.165, 1.54) is 6.07 Å². The molecule has 0 spiro atoms. The zero-order chi connectivity index (χ0) is 17.6. The van der Waals surface area contributed by atoms with Gasteiger partial charge in [0, 0.05) is 24.9 Å². The summed E-state index contributed by atoms with van der Waals surface area (Å²) in [4.78, 5) is 8.16. The largest absolute Gasteiger partial charge is 0.492 e. The maximum atomic E-state index is 13.4. The van der Waals surface area contributed by atoms with E-state index in [4.69, 9.17) is 4.74 Å². The number of nitrogens with zero attached hydrogens (tertiary/aromatic N) is 5. The molecule has 0 fully saturated rings. The normalized spacial score (nSPS) is 10.6. The van der Waals surface area contributed by atoms with Gasteiger partial charge in [0.2, 0.25) is 5.95 Å². The van der Waals surface area contributed by atoms with Crippen molar-refractivity contribution in [1.82, 2.24) is 24.7 Å². The molecule has 0 amide bonds. The zero-order valence-electron chi connectivity index (χ0n) is 13.9. The van der Waals surface area contributed by atoms with Gasteiger partial charge in [0.1, 0.15) is 17.1 Å². The summed E-state index contributed by atoms with van der Waals surface area (Å²) in [7, 11) is 0. The fraction of sp³-hybridized carbons (Fsp3) is 0.222. The lowest BCUT2D eigenvalue weighted by molar-refractivity contribution is 0.332. The number of imidazole rings is 1. The highest BCUT2D eigenvalue weighted by molar-refractivity contribution is 5.49. The number of halogens is 1. The van der Waals surface area contributed by atoms with Crippen LogP contribution in [-0.4, -0.2) is 31.3 Å². The molecule has 25 heavy (non-hydrogen) atoms. The zero-order valence-corrected chi connectivity index (χ0v) is 13.9. The average molecular weight is 339 g/mol. The maximum absolute atomic E-state index is 13.4. The minimum absolute atomic E-state index is 0.393. The lowest BCUT2D eigenvalue weighted by Crippen LogP contribution is -2.09. The van der Waals surface area contributed by atoms with Gasteiger partial charge < -0.3 is 9.30 Å². The summed E-state index contributed by atoms with van der Waals surface area (Å²) in [6.07, 6.45) is 5.82. The van der Waals surface area contributed by atoms with Gasteiger partial charge in [0.25, 0.3) is 0 Å². The van der Waals surface area contributed by atoms with Crippen LogP contribution in [0.25, 0.3) is 11.5 Å². The van der Waals surface area contributed by atoms with Crippen LogP contribution < -0.4 is 4.74 Å². The Morgan fingerprint density at radius 3 is 2.96 bits per heavy atom. The van der Waals surface area contributed by atoms with Crippen LogP contribution in [0, 0.1) is 5.95 Å². The summed E-state index contributed by atoms with van der Waals surface area (Å²) in [5.41, 5.74) is 1.92. The first-order valence-corrected chi connectivity index (χ1v) is 7.94. The highest BCUT2D eigenvalue weighted by atomic mass is 19.1. The van der Waals surface area contributed by atoms with Crippen molar-refractivity contribution < 1.29 is 9.13 Å². The van der Waals surface area contributed by atoms with Crippen LogP contribution in [0.15, 0.2) is 49.3 Å². The predicted molar refractivity (Wildman–Crippen MR) is 91.6 cm³/mol. The van der Waals surface area contributed by atoms with Crippen LogP contribution >= 0.6 is 0 Å². The van der Waals surface area contributed by atoms with Gasteiger partial charge in [-0.25, -0.2) is 9.97 Å². The Morgan fingerprint density at radius 1 is 1.32 bits per heavy atom. The molecule has 0 N–H and O–H groups in total. The first-order valence-electron chi connectivity index (χ1n) is 7.94. The van der Waals surface area contributed by atoms with E-state index in [0.29, 0.717) is 42.5 Å². The molecule has 3 aromatic rings. The molecule has 0 aromatic carbocycles. The van der Waals surface area contributed by atoms with E-state index < -0.39 is 5.95 Å². The van der Waals surface area contributed by atoms with Gasteiger partial charge in [0.05, 0.1) is 18.8 Å². The first-order chi connectivity index (χ1) is 12.2. The monoisotopic (exact) mass is 339 g/mol. The lowest BCUT2D eigenvalue weighted by atomic mass is 10.2. The number of hydrogen-bond acceptors (Lipinski definition) is 5. The summed E-state index contributed by atoms with van der Waals surface area (Å²) < 4.78 is 20.9. The van der Waals surface area contributed by atoms with Crippen LogP contribution in [0.4, 0.5) is 4.39 Å². The van der Waals surface area contributed by atoms with E-state index in [0.717, 1.165) is 5.69 Å². The molecule has 0 radical (unpaired) electrons. The van der Waals surface area contributed by atoms with E-state index in [2.05, 4.69) is 26.7 Å². The summed E-state index contributed by atoms with van der Waals surface area (Å²) in [5, 5.41) is 8.47. The minimum Gasteiger partial charge on any atom is -0.492 e. The summed E-state index contributed by atoms with van der Waals surface area (Å²) >= 11 is 0. The van der Waals surface area contributed by atoms with Crippen molar-refractivity contribution in [2.24, 2.45) is 0 Å². The third-order valence-electron chi connectivity index (χ3n) is 3.51. The molecule has 0 saturated heterocycles. The van der Waals surface area contributed by atoms with E-state index in [-0.39, 0.29) is 0 Å². The molecule has 0 aliphatic rings. The molecule has 3 aromatic heterocycles. The highest BCUT2D eigenvalue weighted by Gasteiger charge is 2.13. The van der Waals surface area contributed by atoms with Crippen LogP contribution in [0.1, 0.15) is 18.3 Å². The van der Waals surface area contributed by atoms with Crippen molar-refractivity contribution in [3.05, 3.63) is 66.6 Å². The van der Waals surface area contributed by atoms with Crippen LogP contribution in [-0.2, 0) is 13.0 Å². The van der Waals surface area contributed by atoms with Crippen molar-refractivity contribution in [1.29, 1.82) is 0 Å². The van der Waals surface area contributed by atoms with Gasteiger partial charge in [0.15, 0.2) is 5.82 Å². The number of aromatic nitrogens is 5. The molecule has 0 bridgehead atoms. The second-order valence-electron chi connectivity index (χ2n) is 5.30. The first kappa shape index (κ1) is 16.8. The van der Waals surface area contributed by atoms with Crippen molar-refractivity contribution >= 4 is 0 Å². The van der Waals surface area contributed by atoms with Gasteiger partial charge in [-0.2, -0.15) is 9.49 Å². The molecule has 7 heteroatoms. The minimum atomic E-state index is -0.546. The third kappa shape index (κ3) is 3.88.